The number of pyridine rings is 2. The minimum absolute atomic E-state index is 0.0893. The molecule has 2 N–H and O–H groups in total. The number of rotatable bonds is 8. The van der Waals surface area contributed by atoms with E-state index in [2.05, 4.69) is 26.7 Å². The second-order valence-electron chi connectivity index (χ2n) is 8.73. The Hall–Kier alpha value is -3.78. The van der Waals surface area contributed by atoms with Crippen molar-refractivity contribution in [2.24, 2.45) is 5.92 Å². The molecular weight excluding hydrogens is 430 g/mol. The van der Waals surface area contributed by atoms with Crippen LogP contribution in [0.4, 0.5) is 0 Å². The molecule has 1 fully saturated rings. The van der Waals surface area contributed by atoms with E-state index in [-0.39, 0.29) is 17.8 Å². The first-order valence-corrected chi connectivity index (χ1v) is 11.5. The number of amides is 1. The highest BCUT2D eigenvalue weighted by molar-refractivity contribution is 5.92. The number of hydrogen-bond donors (Lipinski definition) is 2. The predicted molar refractivity (Wildman–Crippen MR) is 130 cm³/mol. The summed E-state index contributed by atoms with van der Waals surface area (Å²) in [6.07, 6.45) is 7.32. The Labute approximate surface area is 197 Å². The van der Waals surface area contributed by atoms with Crippen molar-refractivity contribution in [3.05, 3.63) is 82.0 Å². The molecule has 1 aliphatic rings. The van der Waals surface area contributed by atoms with Crippen molar-refractivity contribution >= 4 is 22.5 Å². The lowest BCUT2D eigenvalue weighted by Gasteiger charge is -2.25. The van der Waals surface area contributed by atoms with Crippen LogP contribution < -0.4 is 20.9 Å². The molecule has 0 unspecified atom stereocenters. The Balaban J connectivity index is 1.31. The molecule has 1 saturated carbocycles. The summed E-state index contributed by atoms with van der Waals surface area (Å²) in [4.78, 5) is 33.8. The zero-order valence-corrected chi connectivity index (χ0v) is 19.1. The van der Waals surface area contributed by atoms with Gasteiger partial charge in [-0.25, -0.2) is 4.98 Å². The summed E-state index contributed by atoms with van der Waals surface area (Å²) in [7, 11) is 1.65. The van der Waals surface area contributed by atoms with E-state index in [9.17, 15) is 9.59 Å². The molecule has 1 aromatic carbocycles. The first-order valence-electron chi connectivity index (χ1n) is 11.5. The van der Waals surface area contributed by atoms with Gasteiger partial charge in [0.15, 0.2) is 0 Å². The number of fused-ring (bicyclic) bond motifs is 2. The Bertz CT molecular complexity index is 1410. The van der Waals surface area contributed by atoms with Crippen LogP contribution in [0.2, 0.25) is 0 Å². The molecule has 0 bridgehead atoms. The van der Waals surface area contributed by atoms with Crippen molar-refractivity contribution in [2.75, 3.05) is 13.7 Å². The summed E-state index contributed by atoms with van der Waals surface area (Å²) in [5.74, 6) is 1.12. The van der Waals surface area contributed by atoms with E-state index in [0.717, 1.165) is 46.8 Å². The molecule has 34 heavy (non-hydrogen) atoms. The number of nitrogens with one attached hydrogen (secondary N) is 2. The first kappa shape index (κ1) is 22.0. The minimum atomic E-state index is -0.407. The van der Waals surface area contributed by atoms with Crippen molar-refractivity contribution < 1.29 is 9.53 Å². The molecule has 5 rings (SSSR count). The highest BCUT2D eigenvalue weighted by atomic mass is 16.5. The number of carbonyl (C=O) groups is 1. The Morgan fingerprint density at radius 1 is 1.15 bits per heavy atom. The molecule has 1 amide bonds. The maximum Gasteiger partial charge on any atom is 0.270 e. The first-order chi connectivity index (χ1) is 16.6. The van der Waals surface area contributed by atoms with Gasteiger partial charge < -0.3 is 15.4 Å². The van der Waals surface area contributed by atoms with Gasteiger partial charge in [-0.05, 0) is 66.8 Å². The van der Waals surface area contributed by atoms with Crippen LogP contribution in [0, 0.1) is 5.92 Å². The highest BCUT2D eigenvalue weighted by Gasteiger charge is 2.17. The monoisotopic (exact) mass is 457 g/mol. The van der Waals surface area contributed by atoms with Gasteiger partial charge in [0.2, 0.25) is 0 Å². The second-order valence-corrected chi connectivity index (χ2v) is 8.73. The van der Waals surface area contributed by atoms with Crippen LogP contribution in [0.3, 0.4) is 0 Å². The van der Waals surface area contributed by atoms with Crippen LogP contribution in [-0.2, 0) is 13.1 Å². The number of aromatic nitrogens is 3. The zero-order chi connectivity index (χ0) is 23.5. The molecule has 0 spiro atoms. The average molecular weight is 458 g/mol. The third-order valence-electron chi connectivity index (χ3n) is 6.33. The summed E-state index contributed by atoms with van der Waals surface area (Å²) >= 11 is 0. The van der Waals surface area contributed by atoms with Crippen molar-refractivity contribution in [3.63, 3.8) is 0 Å². The number of hydrogen-bond acceptors (Lipinski definition) is 6. The number of carbonyl (C=O) groups excluding carboxylic acids is 1. The normalized spacial score (nSPS) is 13.7. The standard InChI is InChI=1S/C26H27N5O3/c1-34-22-11-18(14-27-13-17-5-4-6-17)9-20-10-19(15-28-25(20)22)16-29-26(33)21-12-24(32)31-8-3-2-7-23(31)30-21/h2-3,7-12,15,17,27H,4-6,13-14,16H2,1H3,(H,29,33). The van der Waals surface area contributed by atoms with E-state index in [0.29, 0.717) is 5.65 Å². The molecule has 174 valence electrons. The number of benzene rings is 1. The topological polar surface area (TPSA) is 97.6 Å². The lowest BCUT2D eigenvalue weighted by molar-refractivity contribution is 0.0946. The van der Waals surface area contributed by atoms with Gasteiger partial charge in [-0.3, -0.25) is 19.0 Å². The lowest BCUT2D eigenvalue weighted by Crippen LogP contribution is -2.27. The summed E-state index contributed by atoms with van der Waals surface area (Å²) in [5, 5.41) is 7.34. The van der Waals surface area contributed by atoms with Gasteiger partial charge in [-0.15, -0.1) is 0 Å². The van der Waals surface area contributed by atoms with Crippen LogP contribution in [0.25, 0.3) is 16.6 Å². The fraction of sp³-hybridized carbons (Fsp3) is 0.308. The van der Waals surface area contributed by atoms with Gasteiger partial charge in [0, 0.05) is 36.9 Å². The van der Waals surface area contributed by atoms with E-state index in [1.807, 2.05) is 12.1 Å². The minimum Gasteiger partial charge on any atom is -0.494 e. The van der Waals surface area contributed by atoms with Crippen LogP contribution in [-0.4, -0.2) is 33.9 Å². The number of nitrogens with zero attached hydrogens (tertiary/aromatic N) is 3. The molecule has 3 heterocycles. The summed E-state index contributed by atoms with van der Waals surface area (Å²) < 4.78 is 6.97. The molecule has 1 aliphatic carbocycles. The van der Waals surface area contributed by atoms with Crippen LogP contribution in [0.15, 0.2) is 59.7 Å². The quantitative estimate of drug-likeness (QED) is 0.422. The van der Waals surface area contributed by atoms with Crippen LogP contribution in [0.5, 0.6) is 5.75 Å². The fourth-order valence-electron chi connectivity index (χ4n) is 4.24. The molecule has 0 atom stereocenters. The van der Waals surface area contributed by atoms with Gasteiger partial charge in [0.1, 0.15) is 22.6 Å². The van der Waals surface area contributed by atoms with Crippen molar-refractivity contribution in [1.29, 1.82) is 0 Å². The molecular formula is C26H27N5O3. The summed E-state index contributed by atoms with van der Waals surface area (Å²) in [5.41, 5.74) is 2.98. The third kappa shape index (κ3) is 4.63. The SMILES string of the molecule is COc1cc(CNCC2CCC2)cc2cc(CNC(=O)c3cc(=O)n4ccccc4n3)cnc12. The van der Waals surface area contributed by atoms with E-state index in [1.165, 1.54) is 29.7 Å². The van der Waals surface area contributed by atoms with Gasteiger partial charge in [-0.2, -0.15) is 0 Å². The summed E-state index contributed by atoms with van der Waals surface area (Å²) in [6, 6.07) is 12.6. The van der Waals surface area contributed by atoms with Crippen molar-refractivity contribution in [3.8, 4) is 5.75 Å². The van der Waals surface area contributed by atoms with Gasteiger partial charge in [0.25, 0.3) is 11.5 Å². The maximum absolute atomic E-state index is 12.7. The van der Waals surface area contributed by atoms with Crippen LogP contribution in [0.1, 0.15) is 40.9 Å². The fourth-order valence-corrected chi connectivity index (χ4v) is 4.24. The highest BCUT2D eigenvalue weighted by Crippen LogP contribution is 2.27. The molecule has 8 nitrogen and oxygen atoms in total. The van der Waals surface area contributed by atoms with Crippen LogP contribution >= 0.6 is 0 Å². The maximum atomic E-state index is 12.7. The molecule has 4 aromatic rings. The predicted octanol–water partition coefficient (Wildman–Crippen LogP) is 3.07. The van der Waals surface area contributed by atoms with Gasteiger partial charge in [0.05, 0.1) is 7.11 Å². The molecule has 3 aromatic heterocycles. The van der Waals surface area contributed by atoms with Gasteiger partial charge >= 0.3 is 0 Å². The molecule has 0 saturated heterocycles. The zero-order valence-electron chi connectivity index (χ0n) is 19.1. The Morgan fingerprint density at radius 2 is 2.00 bits per heavy atom. The number of methoxy groups -OCH3 is 1. The van der Waals surface area contributed by atoms with E-state index in [1.54, 1.807) is 37.7 Å². The molecule has 0 radical (unpaired) electrons. The average Bonchev–Trinajstić information content (AvgIpc) is 2.83. The van der Waals surface area contributed by atoms with Gasteiger partial charge in [-0.1, -0.05) is 12.5 Å². The number of ether oxygens (including phenoxy) is 1. The Kier molecular flexibility index (Phi) is 6.22. The third-order valence-corrected chi connectivity index (χ3v) is 6.33. The Morgan fingerprint density at radius 3 is 2.79 bits per heavy atom. The van der Waals surface area contributed by atoms with E-state index >= 15 is 0 Å². The molecule has 8 heteroatoms. The summed E-state index contributed by atoms with van der Waals surface area (Å²) in [6.45, 7) is 2.08. The van der Waals surface area contributed by atoms with E-state index < -0.39 is 5.91 Å². The molecule has 0 aliphatic heterocycles. The van der Waals surface area contributed by atoms with Crippen molar-refractivity contribution in [2.45, 2.75) is 32.4 Å². The largest absolute Gasteiger partial charge is 0.494 e. The smallest absolute Gasteiger partial charge is 0.270 e. The van der Waals surface area contributed by atoms with Crippen molar-refractivity contribution in [1.82, 2.24) is 25.0 Å². The lowest BCUT2D eigenvalue weighted by atomic mass is 9.85. The second kappa shape index (κ2) is 9.61. The van der Waals surface area contributed by atoms with E-state index in [4.69, 9.17) is 4.74 Å².